The smallest absolute Gasteiger partial charge is 0.165 e. The van der Waals surface area contributed by atoms with E-state index in [2.05, 4.69) is 27.2 Å². The van der Waals surface area contributed by atoms with E-state index in [1.807, 2.05) is 25.3 Å². The van der Waals surface area contributed by atoms with Crippen LogP contribution in [0.5, 0.6) is 5.75 Å². The first-order valence-electron chi connectivity index (χ1n) is 8.38. The molecule has 0 radical (unpaired) electrons. The molecule has 3 aromatic rings. The van der Waals surface area contributed by atoms with E-state index >= 15 is 0 Å². The highest BCUT2D eigenvalue weighted by molar-refractivity contribution is 5.53. The molecule has 26 heavy (non-hydrogen) atoms. The lowest BCUT2D eigenvalue weighted by Gasteiger charge is -2.17. The van der Waals surface area contributed by atoms with E-state index in [9.17, 15) is 4.39 Å². The molecule has 0 saturated heterocycles. The van der Waals surface area contributed by atoms with Gasteiger partial charge in [0.05, 0.1) is 7.11 Å². The number of pyridine rings is 1. The summed E-state index contributed by atoms with van der Waals surface area (Å²) >= 11 is 0. The van der Waals surface area contributed by atoms with E-state index < -0.39 is 0 Å². The number of halogens is 1. The number of rotatable bonds is 6. The summed E-state index contributed by atoms with van der Waals surface area (Å²) in [6.45, 7) is 4.61. The number of methoxy groups -OCH3 is 1. The first-order chi connectivity index (χ1) is 12.6. The van der Waals surface area contributed by atoms with Gasteiger partial charge in [0, 0.05) is 48.0 Å². The quantitative estimate of drug-likeness (QED) is 0.730. The van der Waals surface area contributed by atoms with Gasteiger partial charge in [0.25, 0.3) is 0 Å². The van der Waals surface area contributed by atoms with Crippen molar-refractivity contribution in [3.63, 3.8) is 0 Å². The standard InChI is InChI=1S/C20H21FN4O/c1-13(23-11-15-4-5-18(21)19(10-15)26-3)17-12-24-20(25-14(17)2)16-6-8-22-9-7-16/h4-10,12-13,23H,11H2,1-3H3/t13-/m0/s1. The third kappa shape index (κ3) is 4.03. The Labute approximate surface area is 152 Å². The number of nitrogens with zero attached hydrogens (tertiary/aromatic N) is 3. The van der Waals surface area contributed by atoms with Crippen molar-refractivity contribution in [2.45, 2.75) is 26.4 Å². The molecule has 0 bridgehead atoms. The number of aromatic nitrogens is 3. The largest absolute Gasteiger partial charge is 0.494 e. The lowest BCUT2D eigenvalue weighted by Crippen LogP contribution is -2.19. The van der Waals surface area contributed by atoms with Crippen LogP contribution in [-0.4, -0.2) is 22.1 Å². The highest BCUT2D eigenvalue weighted by atomic mass is 19.1. The summed E-state index contributed by atoms with van der Waals surface area (Å²) in [5, 5.41) is 3.42. The Balaban J connectivity index is 1.71. The zero-order valence-electron chi connectivity index (χ0n) is 15.0. The van der Waals surface area contributed by atoms with Crippen molar-refractivity contribution in [2.24, 2.45) is 0 Å². The molecule has 0 saturated carbocycles. The number of nitrogens with one attached hydrogen (secondary N) is 1. The minimum atomic E-state index is -0.361. The second-order valence-electron chi connectivity index (χ2n) is 6.04. The van der Waals surface area contributed by atoms with Gasteiger partial charge in [-0.15, -0.1) is 0 Å². The number of aryl methyl sites for hydroxylation is 1. The van der Waals surface area contributed by atoms with Crippen LogP contribution in [0.1, 0.15) is 29.8 Å². The molecule has 0 aliphatic rings. The number of ether oxygens (including phenoxy) is 1. The van der Waals surface area contributed by atoms with Gasteiger partial charge in [0.15, 0.2) is 17.4 Å². The highest BCUT2D eigenvalue weighted by Gasteiger charge is 2.12. The molecule has 0 amide bonds. The van der Waals surface area contributed by atoms with E-state index in [0.29, 0.717) is 12.4 Å². The Hall–Kier alpha value is -2.86. The number of benzene rings is 1. The lowest BCUT2D eigenvalue weighted by molar-refractivity contribution is 0.385. The number of hydrogen-bond acceptors (Lipinski definition) is 5. The molecule has 0 aliphatic heterocycles. The topological polar surface area (TPSA) is 59.9 Å². The van der Waals surface area contributed by atoms with Crippen LogP contribution in [0.3, 0.4) is 0 Å². The Morgan fingerprint density at radius 3 is 2.65 bits per heavy atom. The molecule has 134 valence electrons. The van der Waals surface area contributed by atoms with E-state index in [0.717, 1.165) is 22.4 Å². The fourth-order valence-corrected chi connectivity index (χ4v) is 2.74. The monoisotopic (exact) mass is 352 g/mol. The summed E-state index contributed by atoms with van der Waals surface area (Å²) in [5.74, 6) is 0.572. The first kappa shape index (κ1) is 17.9. The molecule has 1 N–H and O–H groups in total. The fraction of sp³-hybridized carbons (Fsp3) is 0.250. The van der Waals surface area contributed by atoms with Gasteiger partial charge in [-0.05, 0) is 43.7 Å². The maximum absolute atomic E-state index is 13.5. The summed E-state index contributed by atoms with van der Waals surface area (Å²) < 4.78 is 18.5. The second kappa shape index (κ2) is 8.01. The minimum absolute atomic E-state index is 0.0533. The minimum Gasteiger partial charge on any atom is -0.494 e. The van der Waals surface area contributed by atoms with Crippen LogP contribution in [-0.2, 0) is 6.54 Å². The van der Waals surface area contributed by atoms with E-state index in [1.54, 1.807) is 24.5 Å². The zero-order chi connectivity index (χ0) is 18.5. The summed E-state index contributed by atoms with van der Waals surface area (Å²) in [6, 6.07) is 8.69. The van der Waals surface area contributed by atoms with E-state index in [4.69, 9.17) is 4.74 Å². The predicted molar refractivity (Wildman–Crippen MR) is 98.2 cm³/mol. The van der Waals surface area contributed by atoms with Crippen molar-refractivity contribution < 1.29 is 9.13 Å². The zero-order valence-corrected chi connectivity index (χ0v) is 15.0. The molecular weight excluding hydrogens is 331 g/mol. The van der Waals surface area contributed by atoms with Gasteiger partial charge in [0.2, 0.25) is 0 Å². The Bertz CT molecular complexity index is 886. The van der Waals surface area contributed by atoms with Crippen molar-refractivity contribution >= 4 is 0 Å². The normalized spacial score (nSPS) is 12.0. The van der Waals surface area contributed by atoms with Crippen LogP contribution in [0, 0.1) is 12.7 Å². The van der Waals surface area contributed by atoms with E-state index in [1.165, 1.54) is 13.2 Å². The van der Waals surface area contributed by atoms with Crippen molar-refractivity contribution in [3.05, 3.63) is 71.6 Å². The molecule has 2 aromatic heterocycles. The van der Waals surface area contributed by atoms with Gasteiger partial charge < -0.3 is 10.1 Å². The molecule has 0 unspecified atom stereocenters. The van der Waals surface area contributed by atoms with Gasteiger partial charge in [-0.1, -0.05) is 6.07 Å². The third-order valence-electron chi connectivity index (χ3n) is 4.25. The average Bonchev–Trinajstić information content (AvgIpc) is 2.67. The van der Waals surface area contributed by atoms with Crippen LogP contribution in [0.2, 0.25) is 0 Å². The maximum Gasteiger partial charge on any atom is 0.165 e. The molecule has 6 heteroatoms. The Morgan fingerprint density at radius 2 is 1.96 bits per heavy atom. The predicted octanol–water partition coefficient (Wildman–Crippen LogP) is 3.85. The molecule has 3 rings (SSSR count). The molecule has 0 fully saturated rings. The first-order valence-corrected chi connectivity index (χ1v) is 8.38. The highest BCUT2D eigenvalue weighted by Crippen LogP contribution is 2.21. The van der Waals surface area contributed by atoms with E-state index in [-0.39, 0.29) is 17.6 Å². The maximum atomic E-state index is 13.5. The molecule has 5 nitrogen and oxygen atoms in total. The van der Waals surface area contributed by atoms with Crippen LogP contribution in [0.4, 0.5) is 4.39 Å². The average molecular weight is 352 g/mol. The molecule has 2 heterocycles. The molecule has 1 aromatic carbocycles. The Kier molecular flexibility index (Phi) is 5.53. The van der Waals surface area contributed by atoms with Gasteiger partial charge in [-0.25, -0.2) is 14.4 Å². The third-order valence-corrected chi connectivity index (χ3v) is 4.25. The lowest BCUT2D eigenvalue weighted by atomic mass is 10.1. The second-order valence-corrected chi connectivity index (χ2v) is 6.04. The Morgan fingerprint density at radius 1 is 1.19 bits per heavy atom. The summed E-state index contributed by atoms with van der Waals surface area (Å²) in [7, 11) is 1.46. The van der Waals surface area contributed by atoms with Crippen LogP contribution < -0.4 is 10.1 Å². The SMILES string of the molecule is COc1cc(CN[C@@H](C)c2cnc(-c3ccncc3)nc2C)ccc1F. The van der Waals surface area contributed by atoms with Crippen molar-refractivity contribution in [2.75, 3.05) is 7.11 Å². The fourth-order valence-electron chi connectivity index (χ4n) is 2.74. The van der Waals surface area contributed by atoms with Crippen molar-refractivity contribution in [1.29, 1.82) is 0 Å². The van der Waals surface area contributed by atoms with Crippen LogP contribution in [0.15, 0.2) is 48.9 Å². The molecule has 1 atom stereocenters. The number of hydrogen-bond donors (Lipinski definition) is 1. The van der Waals surface area contributed by atoms with Crippen molar-refractivity contribution in [3.8, 4) is 17.1 Å². The van der Waals surface area contributed by atoms with Gasteiger partial charge in [-0.3, -0.25) is 4.98 Å². The van der Waals surface area contributed by atoms with Crippen molar-refractivity contribution in [1.82, 2.24) is 20.3 Å². The molecule has 0 aliphatic carbocycles. The van der Waals surface area contributed by atoms with Crippen LogP contribution >= 0.6 is 0 Å². The summed E-state index contributed by atoms with van der Waals surface area (Å²) in [5.41, 5.74) is 3.83. The summed E-state index contributed by atoms with van der Waals surface area (Å²) in [6.07, 6.45) is 5.30. The van der Waals surface area contributed by atoms with Gasteiger partial charge in [0.1, 0.15) is 0 Å². The summed E-state index contributed by atoms with van der Waals surface area (Å²) in [4.78, 5) is 13.1. The molecule has 0 spiro atoms. The molecular formula is C20H21FN4O. The van der Waals surface area contributed by atoms with Crippen LogP contribution in [0.25, 0.3) is 11.4 Å². The van der Waals surface area contributed by atoms with Gasteiger partial charge in [-0.2, -0.15) is 0 Å². The van der Waals surface area contributed by atoms with Gasteiger partial charge >= 0.3 is 0 Å².